The summed E-state index contributed by atoms with van der Waals surface area (Å²) in [6, 6.07) is 5.94. The first-order chi connectivity index (χ1) is 14.2. The minimum Gasteiger partial charge on any atom is -0.493 e. The molecular weight excluding hydrogens is 368 g/mol. The molecule has 0 amide bonds. The van der Waals surface area contributed by atoms with Crippen molar-refractivity contribution in [3.63, 3.8) is 0 Å². The molecule has 7 heteroatoms. The first kappa shape index (κ1) is 22.6. The van der Waals surface area contributed by atoms with E-state index in [1.54, 1.807) is 7.11 Å². The summed E-state index contributed by atoms with van der Waals surface area (Å²) in [6.07, 6.45) is 2.63. The van der Waals surface area contributed by atoms with Gasteiger partial charge in [-0.25, -0.2) is 4.99 Å². The van der Waals surface area contributed by atoms with E-state index in [1.165, 1.54) is 0 Å². The molecule has 160 valence electrons. The topological polar surface area (TPSA) is 80.9 Å². The largest absolute Gasteiger partial charge is 0.493 e. The van der Waals surface area contributed by atoms with E-state index in [0.29, 0.717) is 19.7 Å². The van der Waals surface area contributed by atoms with Gasteiger partial charge < -0.3 is 24.6 Å². The van der Waals surface area contributed by atoms with E-state index in [-0.39, 0.29) is 0 Å². The first-order valence-corrected chi connectivity index (χ1v) is 10.4. The molecule has 0 spiro atoms. The maximum atomic E-state index is 5.72. The van der Waals surface area contributed by atoms with Gasteiger partial charge in [-0.3, -0.25) is 0 Å². The molecule has 0 radical (unpaired) electrons. The SMILES string of the molecule is CCCOc1ccc(CN=C(NCC)NCc2c(CC)noc2CC)cc1OC. The van der Waals surface area contributed by atoms with Crippen molar-refractivity contribution in [3.05, 3.63) is 40.8 Å². The molecule has 1 heterocycles. The van der Waals surface area contributed by atoms with Crippen molar-refractivity contribution in [2.45, 2.75) is 60.0 Å². The Morgan fingerprint density at radius 1 is 1.10 bits per heavy atom. The molecule has 2 rings (SSSR count). The number of nitrogens with one attached hydrogen (secondary N) is 2. The van der Waals surface area contributed by atoms with E-state index in [4.69, 9.17) is 19.0 Å². The molecule has 1 aromatic carbocycles. The van der Waals surface area contributed by atoms with Gasteiger partial charge in [0.2, 0.25) is 0 Å². The molecule has 0 saturated carbocycles. The minimum atomic E-state index is 0.532. The number of ether oxygens (including phenoxy) is 2. The fourth-order valence-corrected chi connectivity index (χ4v) is 2.96. The highest BCUT2D eigenvalue weighted by Crippen LogP contribution is 2.28. The third-order valence-electron chi connectivity index (χ3n) is 4.49. The summed E-state index contributed by atoms with van der Waals surface area (Å²) in [4.78, 5) is 4.71. The molecule has 0 saturated heterocycles. The van der Waals surface area contributed by atoms with E-state index in [9.17, 15) is 0 Å². The normalized spacial score (nSPS) is 11.4. The van der Waals surface area contributed by atoms with Gasteiger partial charge >= 0.3 is 0 Å². The Balaban J connectivity index is 2.08. The van der Waals surface area contributed by atoms with Crippen LogP contribution in [0.4, 0.5) is 0 Å². The van der Waals surface area contributed by atoms with Crippen molar-refractivity contribution in [1.29, 1.82) is 0 Å². The molecule has 0 bridgehead atoms. The van der Waals surface area contributed by atoms with Crippen molar-refractivity contribution in [2.75, 3.05) is 20.3 Å². The van der Waals surface area contributed by atoms with Crippen LogP contribution in [0.3, 0.4) is 0 Å². The highest BCUT2D eigenvalue weighted by Gasteiger charge is 2.13. The van der Waals surface area contributed by atoms with Gasteiger partial charge in [0.1, 0.15) is 5.76 Å². The summed E-state index contributed by atoms with van der Waals surface area (Å²) < 4.78 is 16.6. The Hall–Kier alpha value is -2.70. The number of hydrogen-bond donors (Lipinski definition) is 2. The zero-order valence-electron chi connectivity index (χ0n) is 18.3. The lowest BCUT2D eigenvalue weighted by Crippen LogP contribution is -2.37. The molecule has 0 unspecified atom stereocenters. The number of aromatic nitrogens is 1. The quantitative estimate of drug-likeness (QED) is 0.439. The van der Waals surface area contributed by atoms with Crippen LogP contribution in [0.1, 0.15) is 56.7 Å². The third-order valence-corrected chi connectivity index (χ3v) is 4.49. The predicted molar refractivity (Wildman–Crippen MR) is 116 cm³/mol. The van der Waals surface area contributed by atoms with Gasteiger partial charge in [0.15, 0.2) is 17.5 Å². The zero-order chi connectivity index (χ0) is 21.1. The monoisotopic (exact) mass is 402 g/mol. The minimum absolute atomic E-state index is 0.532. The Bertz CT molecular complexity index is 765. The van der Waals surface area contributed by atoms with E-state index in [2.05, 4.69) is 43.5 Å². The molecule has 0 fully saturated rings. The van der Waals surface area contributed by atoms with E-state index in [1.807, 2.05) is 18.2 Å². The number of nitrogens with zero attached hydrogens (tertiary/aromatic N) is 2. The van der Waals surface area contributed by atoms with Crippen molar-refractivity contribution in [1.82, 2.24) is 15.8 Å². The fraction of sp³-hybridized carbons (Fsp3) is 0.545. The second-order valence-electron chi connectivity index (χ2n) is 6.62. The van der Waals surface area contributed by atoms with Gasteiger partial charge in [-0.05, 0) is 37.5 Å². The van der Waals surface area contributed by atoms with Crippen LogP contribution in [0.25, 0.3) is 0 Å². The van der Waals surface area contributed by atoms with Crippen LogP contribution in [-0.2, 0) is 25.9 Å². The molecular formula is C22H34N4O3. The van der Waals surface area contributed by atoms with Crippen molar-refractivity contribution < 1.29 is 14.0 Å². The van der Waals surface area contributed by atoms with Crippen LogP contribution in [0.15, 0.2) is 27.7 Å². The smallest absolute Gasteiger partial charge is 0.191 e. The van der Waals surface area contributed by atoms with E-state index in [0.717, 1.165) is 65.8 Å². The van der Waals surface area contributed by atoms with E-state index < -0.39 is 0 Å². The summed E-state index contributed by atoms with van der Waals surface area (Å²) in [5.41, 5.74) is 3.17. The van der Waals surface area contributed by atoms with Crippen LogP contribution in [-0.4, -0.2) is 31.4 Å². The Labute approximate surface area is 173 Å². The summed E-state index contributed by atoms with van der Waals surface area (Å²) in [5, 5.41) is 10.9. The van der Waals surface area contributed by atoms with Crippen molar-refractivity contribution >= 4 is 5.96 Å². The van der Waals surface area contributed by atoms with Gasteiger partial charge in [0.05, 0.1) is 26.0 Å². The van der Waals surface area contributed by atoms with Crippen LogP contribution >= 0.6 is 0 Å². The second-order valence-corrected chi connectivity index (χ2v) is 6.62. The van der Waals surface area contributed by atoms with E-state index >= 15 is 0 Å². The van der Waals surface area contributed by atoms with Crippen molar-refractivity contribution in [3.8, 4) is 11.5 Å². The molecule has 7 nitrogen and oxygen atoms in total. The Kier molecular flexibility index (Phi) is 9.34. The zero-order valence-corrected chi connectivity index (χ0v) is 18.3. The molecule has 0 aliphatic carbocycles. The predicted octanol–water partition coefficient (Wildman–Crippen LogP) is 3.85. The summed E-state index contributed by atoms with van der Waals surface area (Å²) in [7, 11) is 1.66. The molecule has 1 aromatic heterocycles. The molecule has 2 N–H and O–H groups in total. The highest BCUT2D eigenvalue weighted by atomic mass is 16.5. The number of benzene rings is 1. The number of aliphatic imine (C=N–C) groups is 1. The summed E-state index contributed by atoms with van der Waals surface area (Å²) in [5.74, 6) is 3.17. The molecule has 29 heavy (non-hydrogen) atoms. The van der Waals surface area contributed by atoms with Gasteiger partial charge in [-0.2, -0.15) is 0 Å². The second kappa shape index (κ2) is 12.0. The first-order valence-electron chi connectivity index (χ1n) is 10.4. The average molecular weight is 403 g/mol. The lowest BCUT2D eigenvalue weighted by atomic mass is 10.1. The molecule has 0 atom stereocenters. The van der Waals surface area contributed by atoms with Crippen LogP contribution in [0.5, 0.6) is 11.5 Å². The van der Waals surface area contributed by atoms with Crippen LogP contribution < -0.4 is 20.1 Å². The molecule has 2 aromatic rings. The maximum absolute atomic E-state index is 5.72. The summed E-state index contributed by atoms with van der Waals surface area (Å²) in [6.45, 7) is 10.9. The van der Waals surface area contributed by atoms with Crippen LogP contribution in [0.2, 0.25) is 0 Å². The average Bonchev–Trinajstić information content (AvgIpc) is 3.16. The third kappa shape index (κ3) is 6.41. The number of hydrogen-bond acceptors (Lipinski definition) is 5. The summed E-state index contributed by atoms with van der Waals surface area (Å²) >= 11 is 0. The van der Waals surface area contributed by atoms with Gasteiger partial charge in [-0.1, -0.05) is 32.0 Å². The number of guanidine groups is 1. The van der Waals surface area contributed by atoms with Gasteiger partial charge in [-0.15, -0.1) is 0 Å². The van der Waals surface area contributed by atoms with Gasteiger partial charge in [0.25, 0.3) is 0 Å². The standard InChI is InChI=1S/C22H34N4O3/c1-6-12-28-20-11-10-16(13-21(20)27-5)14-24-22(23-9-4)25-15-17-18(7-2)26-29-19(17)8-3/h10-11,13H,6-9,12,14-15H2,1-5H3,(H2,23,24,25). The maximum Gasteiger partial charge on any atom is 0.191 e. The molecule has 0 aliphatic rings. The lowest BCUT2D eigenvalue weighted by Gasteiger charge is -2.13. The Morgan fingerprint density at radius 2 is 1.93 bits per heavy atom. The number of rotatable bonds is 11. The highest BCUT2D eigenvalue weighted by molar-refractivity contribution is 5.79. The fourth-order valence-electron chi connectivity index (χ4n) is 2.96. The van der Waals surface area contributed by atoms with Crippen molar-refractivity contribution in [2.24, 2.45) is 4.99 Å². The lowest BCUT2D eigenvalue weighted by molar-refractivity contribution is 0.294. The van der Waals surface area contributed by atoms with Crippen LogP contribution in [0, 0.1) is 0 Å². The Morgan fingerprint density at radius 3 is 2.59 bits per heavy atom. The van der Waals surface area contributed by atoms with Gasteiger partial charge in [0, 0.05) is 25.1 Å². The molecule has 0 aliphatic heterocycles. The number of aryl methyl sites for hydroxylation is 2. The number of methoxy groups -OCH3 is 1.